The van der Waals surface area contributed by atoms with Gasteiger partial charge in [-0.2, -0.15) is 13.2 Å². The molecule has 1 aliphatic heterocycles. The first kappa shape index (κ1) is 14.9. The quantitative estimate of drug-likeness (QED) is 0.926. The highest BCUT2D eigenvalue weighted by Crippen LogP contribution is 2.30. The fourth-order valence-electron chi connectivity index (χ4n) is 2.66. The van der Waals surface area contributed by atoms with Gasteiger partial charge in [0.1, 0.15) is 12.4 Å². The molecule has 5 heteroatoms. The predicted molar refractivity (Wildman–Crippen MR) is 77.8 cm³/mol. The van der Waals surface area contributed by atoms with Crippen LogP contribution in [-0.4, -0.2) is 13.2 Å². The van der Waals surface area contributed by atoms with Gasteiger partial charge < -0.3 is 10.1 Å². The Labute approximate surface area is 126 Å². The van der Waals surface area contributed by atoms with Crippen LogP contribution in [0.4, 0.5) is 13.2 Å². The molecule has 0 aromatic heterocycles. The summed E-state index contributed by atoms with van der Waals surface area (Å²) in [5, 5.41) is 3.38. The van der Waals surface area contributed by atoms with Crippen LogP contribution in [0.3, 0.4) is 0 Å². The summed E-state index contributed by atoms with van der Waals surface area (Å²) in [7, 11) is 0. The number of alkyl halides is 3. The van der Waals surface area contributed by atoms with Crippen LogP contribution >= 0.6 is 0 Å². The molecule has 0 saturated carbocycles. The summed E-state index contributed by atoms with van der Waals surface area (Å²) in [4.78, 5) is 0. The molecule has 116 valence electrons. The molecule has 1 heterocycles. The molecule has 0 spiro atoms. The van der Waals surface area contributed by atoms with Crippen LogP contribution < -0.4 is 10.1 Å². The number of rotatable bonds is 3. The highest BCUT2D eigenvalue weighted by atomic mass is 19.4. The first-order valence-electron chi connectivity index (χ1n) is 7.15. The standard InChI is InChI=1S/C17H16F3NO/c18-17(19,20)13-5-7-14(8-6-13)22-11-16-15-4-2-1-3-12(15)9-10-21-16/h1-8,16,21H,9-11H2. The Hall–Kier alpha value is -2.01. The van der Waals surface area contributed by atoms with Gasteiger partial charge in [-0.15, -0.1) is 0 Å². The molecule has 1 unspecified atom stereocenters. The monoisotopic (exact) mass is 307 g/mol. The second-order valence-corrected chi connectivity index (χ2v) is 5.29. The van der Waals surface area contributed by atoms with Gasteiger partial charge in [0.15, 0.2) is 0 Å². The van der Waals surface area contributed by atoms with Crippen molar-refractivity contribution >= 4 is 0 Å². The fourth-order valence-corrected chi connectivity index (χ4v) is 2.66. The van der Waals surface area contributed by atoms with Crippen LogP contribution in [0.2, 0.25) is 0 Å². The van der Waals surface area contributed by atoms with Gasteiger partial charge in [0.2, 0.25) is 0 Å². The van der Waals surface area contributed by atoms with Crippen LogP contribution in [0, 0.1) is 0 Å². The Balaban J connectivity index is 1.66. The molecule has 0 radical (unpaired) electrons. The smallest absolute Gasteiger partial charge is 0.416 e. The van der Waals surface area contributed by atoms with Gasteiger partial charge in [0.25, 0.3) is 0 Å². The van der Waals surface area contributed by atoms with Crippen LogP contribution in [0.15, 0.2) is 48.5 Å². The zero-order chi connectivity index (χ0) is 15.6. The van der Waals surface area contributed by atoms with Crippen molar-refractivity contribution in [3.63, 3.8) is 0 Å². The Morgan fingerprint density at radius 3 is 2.50 bits per heavy atom. The van der Waals surface area contributed by atoms with Crippen molar-refractivity contribution in [3.05, 3.63) is 65.2 Å². The molecule has 0 amide bonds. The van der Waals surface area contributed by atoms with E-state index in [2.05, 4.69) is 17.4 Å². The van der Waals surface area contributed by atoms with Crippen LogP contribution in [0.25, 0.3) is 0 Å². The first-order valence-corrected chi connectivity index (χ1v) is 7.15. The second kappa shape index (κ2) is 6.01. The lowest BCUT2D eigenvalue weighted by atomic mass is 9.95. The van der Waals surface area contributed by atoms with E-state index < -0.39 is 11.7 Å². The van der Waals surface area contributed by atoms with E-state index in [9.17, 15) is 13.2 Å². The summed E-state index contributed by atoms with van der Waals surface area (Å²) in [5.41, 5.74) is 1.82. The topological polar surface area (TPSA) is 21.3 Å². The van der Waals surface area contributed by atoms with Gasteiger partial charge in [-0.05, 0) is 48.4 Å². The minimum Gasteiger partial charge on any atom is -0.492 e. The minimum absolute atomic E-state index is 0.0623. The van der Waals surface area contributed by atoms with E-state index >= 15 is 0 Å². The van der Waals surface area contributed by atoms with Gasteiger partial charge in [-0.25, -0.2) is 0 Å². The predicted octanol–water partition coefficient (Wildman–Crippen LogP) is 3.97. The fraction of sp³-hybridized carbons (Fsp3) is 0.294. The maximum absolute atomic E-state index is 12.5. The summed E-state index contributed by atoms with van der Waals surface area (Å²) >= 11 is 0. The molecule has 1 aliphatic rings. The third kappa shape index (κ3) is 3.25. The average molecular weight is 307 g/mol. The maximum Gasteiger partial charge on any atom is 0.416 e. The van der Waals surface area contributed by atoms with Crippen molar-refractivity contribution in [2.45, 2.75) is 18.6 Å². The second-order valence-electron chi connectivity index (χ2n) is 5.29. The van der Waals surface area contributed by atoms with Crippen molar-refractivity contribution in [2.75, 3.05) is 13.2 Å². The molecule has 22 heavy (non-hydrogen) atoms. The summed E-state index contributed by atoms with van der Waals surface area (Å²) in [5.74, 6) is 0.442. The molecule has 1 atom stereocenters. The number of benzene rings is 2. The number of nitrogens with one attached hydrogen (secondary N) is 1. The van der Waals surface area contributed by atoms with E-state index in [1.165, 1.54) is 23.3 Å². The molecule has 0 fully saturated rings. The van der Waals surface area contributed by atoms with Crippen molar-refractivity contribution < 1.29 is 17.9 Å². The first-order chi connectivity index (χ1) is 10.5. The SMILES string of the molecule is FC(F)(F)c1ccc(OCC2NCCc3ccccc32)cc1. The van der Waals surface area contributed by atoms with Gasteiger partial charge in [0.05, 0.1) is 11.6 Å². The third-order valence-electron chi connectivity index (χ3n) is 3.81. The molecule has 1 N–H and O–H groups in total. The van der Waals surface area contributed by atoms with Gasteiger partial charge >= 0.3 is 6.18 Å². The van der Waals surface area contributed by atoms with E-state index in [4.69, 9.17) is 4.74 Å². The normalized spacial score (nSPS) is 17.9. The molecule has 0 bridgehead atoms. The van der Waals surface area contributed by atoms with Gasteiger partial charge in [-0.1, -0.05) is 24.3 Å². The molecule has 2 aromatic carbocycles. The van der Waals surface area contributed by atoms with Gasteiger partial charge in [-0.3, -0.25) is 0 Å². The minimum atomic E-state index is -4.32. The zero-order valence-electron chi connectivity index (χ0n) is 11.9. The van der Waals surface area contributed by atoms with Crippen LogP contribution in [0.5, 0.6) is 5.75 Å². The van der Waals surface area contributed by atoms with E-state index in [0.29, 0.717) is 12.4 Å². The largest absolute Gasteiger partial charge is 0.492 e. The lowest BCUT2D eigenvalue weighted by Crippen LogP contribution is -2.33. The van der Waals surface area contributed by atoms with E-state index in [1.807, 2.05) is 12.1 Å². The molecule has 2 nitrogen and oxygen atoms in total. The molecule has 0 saturated heterocycles. The highest BCUT2D eigenvalue weighted by molar-refractivity contribution is 5.33. The van der Waals surface area contributed by atoms with Crippen LogP contribution in [-0.2, 0) is 12.6 Å². The summed E-state index contributed by atoms with van der Waals surface area (Å²) in [6, 6.07) is 13.0. The van der Waals surface area contributed by atoms with Crippen molar-refractivity contribution in [1.82, 2.24) is 5.32 Å². The summed E-state index contributed by atoms with van der Waals surface area (Å²) in [6.45, 7) is 1.26. The zero-order valence-corrected chi connectivity index (χ0v) is 11.9. The summed E-state index contributed by atoms with van der Waals surface area (Å²) in [6.07, 6.45) is -3.34. The Bertz CT molecular complexity index is 637. The van der Waals surface area contributed by atoms with E-state index in [1.54, 1.807) is 0 Å². The Morgan fingerprint density at radius 1 is 1.05 bits per heavy atom. The Kier molecular flexibility index (Phi) is 4.07. The summed E-state index contributed by atoms with van der Waals surface area (Å²) < 4.78 is 43.2. The van der Waals surface area contributed by atoms with Crippen molar-refractivity contribution in [2.24, 2.45) is 0 Å². The molecule has 3 rings (SSSR count). The average Bonchev–Trinajstić information content (AvgIpc) is 2.52. The Morgan fingerprint density at radius 2 is 1.77 bits per heavy atom. The number of halogens is 3. The molecule has 2 aromatic rings. The third-order valence-corrected chi connectivity index (χ3v) is 3.81. The van der Waals surface area contributed by atoms with E-state index in [-0.39, 0.29) is 6.04 Å². The van der Waals surface area contributed by atoms with E-state index in [0.717, 1.165) is 25.1 Å². The molecular weight excluding hydrogens is 291 g/mol. The molecular formula is C17H16F3NO. The lowest BCUT2D eigenvalue weighted by Gasteiger charge is -2.26. The number of fused-ring (bicyclic) bond motifs is 1. The van der Waals surface area contributed by atoms with Crippen molar-refractivity contribution in [3.8, 4) is 5.75 Å². The van der Waals surface area contributed by atoms with Crippen LogP contribution in [0.1, 0.15) is 22.7 Å². The molecule has 0 aliphatic carbocycles. The maximum atomic E-state index is 12.5. The van der Waals surface area contributed by atoms with Gasteiger partial charge in [0, 0.05) is 0 Å². The number of hydrogen-bond acceptors (Lipinski definition) is 2. The number of ether oxygens (including phenoxy) is 1. The highest BCUT2D eigenvalue weighted by Gasteiger charge is 2.30. The number of hydrogen-bond donors (Lipinski definition) is 1. The van der Waals surface area contributed by atoms with Crippen molar-refractivity contribution in [1.29, 1.82) is 0 Å². The lowest BCUT2D eigenvalue weighted by molar-refractivity contribution is -0.137.